The highest BCUT2D eigenvalue weighted by Crippen LogP contribution is 2.41. The van der Waals surface area contributed by atoms with Gasteiger partial charge in [-0.1, -0.05) is 146 Å². The first-order valence-corrected chi connectivity index (χ1v) is 15.7. The van der Waals surface area contributed by atoms with E-state index in [2.05, 4.69) is 109 Å². The average molecular weight is 602 g/mol. The van der Waals surface area contributed by atoms with Crippen LogP contribution in [0.3, 0.4) is 0 Å². The molecular weight excluding hydrogens is 574 g/mol. The maximum atomic E-state index is 6.53. The molecule has 7 aromatic carbocycles. The fourth-order valence-corrected chi connectivity index (χ4v) is 6.38. The molecule has 0 aliphatic rings. The third-order valence-electron chi connectivity index (χ3n) is 8.74. The minimum Gasteiger partial charge on any atom is -0.455 e. The number of benzene rings is 7. The van der Waals surface area contributed by atoms with Gasteiger partial charge in [-0.25, -0.2) is 15.0 Å². The predicted octanol–water partition coefficient (Wildman–Crippen LogP) is 11.3. The number of hydrogen-bond donors (Lipinski definition) is 0. The first kappa shape index (κ1) is 27.0. The van der Waals surface area contributed by atoms with Crippen LogP contribution in [-0.2, 0) is 0 Å². The zero-order valence-electron chi connectivity index (χ0n) is 25.3. The molecule has 0 N–H and O–H groups in total. The van der Waals surface area contributed by atoms with Gasteiger partial charge in [0.05, 0.1) is 0 Å². The second-order valence-electron chi connectivity index (χ2n) is 11.6. The van der Waals surface area contributed by atoms with Gasteiger partial charge in [0.1, 0.15) is 11.2 Å². The van der Waals surface area contributed by atoms with Gasteiger partial charge >= 0.3 is 0 Å². The summed E-state index contributed by atoms with van der Waals surface area (Å²) in [5.74, 6) is 1.87. The summed E-state index contributed by atoms with van der Waals surface area (Å²) in [4.78, 5) is 15.3. The molecule has 0 aliphatic carbocycles. The molecule has 9 aromatic rings. The Morgan fingerprint density at radius 3 is 1.47 bits per heavy atom. The Hall–Kier alpha value is -6.39. The molecule has 0 amide bonds. The van der Waals surface area contributed by atoms with Crippen LogP contribution in [0.2, 0.25) is 0 Å². The summed E-state index contributed by atoms with van der Waals surface area (Å²) in [7, 11) is 0. The molecule has 47 heavy (non-hydrogen) atoms. The highest BCUT2D eigenvalue weighted by molar-refractivity contribution is 6.19. The normalized spacial score (nSPS) is 11.4. The third-order valence-corrected chi connectivity index (χ3v) is 8.74. The van der Waals surface area contributed by atoms with Gasteiger partial charge in [-0.2, -0.15) is 0 Å². The number of fused-ring (bicyclic) bond motifs is 5. The van der Waals surface area contributed by atoms with Gasteiger partial charge in [0.2, 0.25) is 0 Å². The summed E-state index contributed by atoms with van der Waals surface area (Å²) >= 11 is 0. The lowest BCUT2D eigenvalue weighted by Crippen LogP contribution is -2.00. The summed E-state index contributed by atoms with van der Waals surface area (Å²) in [5, 5.41) is 4.13. The van der Waals surface area contributed by atoms with Gasteiger partial charge < -0.3 is 4.42 Å². The molecule has 9 rings (SSSR count). The van der Waals surface area contributed by atoms with Crippen LogP contribution in [0.4, 0.5) is 0 Å². The Morgan fingerprint density at radius 1 is 0.319 bits per heavy atom. The Balaban J connectivity index is 1.29. The maximum absolute atomic E-state index is 6.53. The molecule has 220 valence electrons. The molecule has 0 fully saturated rings. The van der Waals surface area contributed by atoms with Crippen molar-refractivity contribution < 1.29 is 4.42 Å². The van der Waals surface area contributed by atoms with Crippen LogP contribution in [-0.4, -0.2) is 15.0 Å². The summed E-state index contributed by atoms with van der Waals surface area (Å²) in [5.41, 5.74) is 9.09. The summed E-state index contributed by atoms with van der Waals surface area (Å²) in [6.07, 6.45) is 0. The van der Waals surface area contributed by atoms with Crippen molar-refractivity contribution in [3.8, 4) is 56.4 Å². The summed E-state index contributed by atoms with van der Waals surface area (Å²) in [6.45, 7) is 0. The van der Waals surface area contributed by atoms with Crippen molar-refractivity contribution in [2.24, 2.45) is 0 Å². The van der Waals surface area contributed by atoms with E-state index in [1.807, 2.05) is 54.6 Å². The molecule has 0 bridgehead atoms. The van der Waals surface area contributed by atoms with Crippen molar-refractivity contribution in [1.29, 1.82) is 0 Å². The minimum atomic E-state index is 0.616. The first-order valence-electron chi connectivity index (χ1n) is 15.7. The van der Waals surface area contributed by atoms with E-state index in [0.717, 1.165) is 66.1 Å². The largest absolute Gasteiger partial charge is 0.455 e. The second-order valence-corrected chi connectivity index (χ2v) is 11.6. The molecule has 0 unspecified atom stereocenters. The Bertz CT molecular complexity index is 2540. The Morgan fingerprint density at radius 2 is 0.787 bits per heavy atom. The maximum Gasteiger partial charge on any atom is 0.164 e. The smallest absolute Gasteiger partial charge is 0.164 e. The number of rotatable bonds is 5. The van der Waals surface area contributed by atoms with Gasteiger partial charge in [-0.05, 0) is 45.8 Å². The Kier molecular flexibility index (Phi) is 6.43. The zero-order valence-corrected chi connectivity index (χ0v) is 25.3. The molecule has 0 saturated heterocycles. The first-order chi connectivity index (χ1) is 23.3. The molecule has 2 heterocycles. The highest BCUT2D eigenvalue weighted by Gasteiger charge is 2.19. The van der Waals surface area contributed by atoms with Crippen molar-refractivity contribution in [3.63, 3.8) is 0 Å². The molecule has 0 aliphatic heterocycles. The second kappa shape index (κ2) is 11.2. The predicted molar refractivity (Wildman–Crippen MR) is 192 cm³/mol. The Labute approximate surface area is 271 Å². The fourth-order valence-electron chi connectivity index (χ4n) is 6.38. The lowest BCUT2D eigenvalue weighted by atomic mass is 9.95. The molecule has 0 saturated carbocycles. The van der Waals surface area contributed by atoms with Crippen LogP contribution >= 0.6 is 0 Å². The monoisotopic (exact) mass is 601 g/mol. The van der Waals surface area contributed by atoms with Gasteiger partial charge in [0.15, 0.2) is 17.5 Å². The SMILES string of the molecule is c1ccc(-c2ccc(-c3nc(-c4ccccc4)nc(-c4cc5c6ccccc6oc5c5cc(-c6ccccc6)ccc45)n3)cc2)cc1. The van der Waals surface area contributed by atoms with Crippen LogP contribution in [0.25, 0.3) is 89.1 Å². The van der Waals surface area contributed by atoms with Crippen LogP contribution in [0, 0.1) is 0 Å². The molecule has 2 aromatic heterocycles. The van der Waals surface area contributed by atoms with Crippen LogP contribution in [0.1, 0.15) is 0 Å². The van der Waals surface area contributed by atoms with E-state index in [-0.39, 0.29) is 0 Å². The molecule has 4 nitrogen and oxygen atoms in total. The van der Waals surface area contributed by atoms with E-state index in [0.29, 0.717) is 17.5 Å². The number of nitrogens with zero attached hydrogens (tertiary/aromatic N) is 3. The number of hydrogen-bond acceptors (Lipinski definition) is 4. The van der Waals surface area contributed by atoms with E-state index in [9.17, 15) is 0 Å². The molecule has 0 spiro atoms. The number of furan rings is 1. The van der Waals surface area contributed by atoms with Gasteiger partial charge in [0.25, 0.3) is 0 Å². The average Bonchev–Trinajstić information content (AvgIpc) is 3.54. The zero-order chi connectivity index (χ0) is 31.2. The lowest BCUT2D eigenvalue weighted by Gasteiger charge is -2.12. The van der Waals surface area contributed by atoms with Crippen LogP contribution < -0.4 is 0 Å². The topological polar surface area (TPSA) is 51.8 Å². The van der Waals surface area contributed by atoms with E-state index >= 15 is 0 Å². The summed E-state index contributed by atoms with van der Waals surface area (Å²) in [6, 6.07) is 56.3. The molecule has 4 heteroatoms. The molecule has 0 radical (unpaired) electrons. The highest BCUT2D eigenvalue weighted by atomic mass is 16.3. The van der Waals surface area contributed by atoms with E-state index in [1.54, 1.807) is 0 Å². The fraction of sp³-hybridized carbons (Fsp3) is 0. The van der Waals surface area contributed by atoms with Gasteiger partial charge in [0, 0.05) is 32.8 Å². The van der Waals surface area contributed by atoms with Crippen molar-refractivity contribution in [2.45, 2.75) is 0 Å². The molecular formula is C43H27N3O. The van der Waals surface area contributed by atoms with E-state index < -0.39 is 0 Å². The molecule has 0 atom stereocenters. The third kappa shape index (κ3) is 4.84. The van der Waals surface area contributed by atoms with Crippen molar-refractivity contribution in [3.05, 3.63) is 164 Å². The lowest BCUT2D eigenvalue weighted by molar-refractivity contribution is 0.672. The van der Waals surface area contributed by atoms with Gasteiger partial charge in [-0.3, -0.25) is 0 Å². The van der Waals surface area contributed by atoms with Crippen molar-refractivity contribution in [1.82, 2.24) is 15.0 Å². The van der Waals surface area contributed by atoms with Gasteiger partial charge in [-0.15, -0.1) is 0 Å². The van der Waals surface area contributed by atoms with E-state index in [4.69, 9.17) is 19.4 Å². The quantitative estimate of drug-likeness (QED) is 0.197. The standard InChI is InChI=1S/C43H27N3O/c1-4-12-28(13-5-1)30-20-22-32(23-21-30)42-44-41(31-16-8-3-9-17-31)45-43(46-42)38-27-37-35-18-10-11-19-39(35)47-40(37)36-26-33(24-25-34(36)38)29-14-6-2-7-15-29/h1-27H. The summed E-state index contributed by atoms with van der Waals surface area (Å²) < 4.78 is 6.53. The minimum absolute atomic E-state index is 0.616. The van der Waals surface area contributed by atoms with Crippen molar-refractivity contribution in [2.75, 3.05) is 0 Å². The number of para-hydroxylation sites is 1. The van der Waals surface area contributed by atoms with Crippen LogP contribution in [0.15, 0.2) is 168 Å². The van der Waals surface area contributed by atoms with Crippen LogP contribution in [0.5, 0.6) is 0 Å². The van der Waals surface area contributed by atoms with Crippen molar-refractivity contribution >= 4 is 32.7 Å². The van der Waals surface area contributed by atoms with E-state index in [1.165, 1.54) is 5.56 Å². The number of aromatic nitrogens is 3.